The van der Waals surface area contributed by atoms with Crippen LogP contribution in [-0.2, 0) is 0 Å². The number of nitrogens with two attached hydrogens (primary N) is 1. The van der Waals surface area contributed by atoms with Gasteiger partial charge in [0.15, 0.2) is 0 Å². The summed E-state index contributed by atoms with van der Waals surface area (Å²) in [6, 6.07) is 6.02. The Morgan fingerprint density at radius 2 is 1.93 bits per heavy atom. The quantitative estimate of drug-likeness (QED) is 0.648. The number of anilines is 1. The van der Waals surface area contributed by atoms with E-state index in [1.54, 1.807) is 6.07 Å². The molecule has 0 fully saturated rings. The third-order valence-corrected chi connectivity index (χ3v) is 1.75. The highest BCUT2D eigenvalue weighted by Crippen LogP contribution is 2.19. The van der Waals surface area contributed by atoms with Gasteiger partial charge in [-0.25, -0.2) is 4.79 Å². The molecule has 3 N–H and O–H groups in total. The molecule has 2 rings (SSSR count). The third kappa shape index (κ3) is 2.28. The van der Waals surface area contributed by atoms with Gasteiger partial charge in [-0.1, -0.05) is 13.8 Å². The monoisotopic (exact) mass is 207 g/mol. The van der Waals surface area contributed by atoms with Crippen LogP contribution in [0.1, 0.15) is 13.8 Å². The first-order valence-corrected chi connectivity index (χ1v) is 4.69. The Kier molecular flexibility index (Phi) is 3.33. The lowest BCUT2D eigenvalue weighted by Crippen LogP contribution is -2.05. The molecule has 0 atom stereocenters. The van der Waals surface area contributed by atoms with E-state index >= 15 is 0 Å². The first-order chi connectivity index (χ1) is 7.16. The van der Waals surface area contributed by atoms with Crippen molar-refractivity contribution < 1.29 is 9.52 Å². The highest BCUT2D eigenvalue weighted by atomic mass is 16.4. The summed E-state index contributed by atoms with van der Waals surface area (Å²) in [7, 11) is 0. The molecule has 2 aromatic rings. The summed E-state index contributed by atoms with van der Waals surface area (Å²) < 4.78 is 4.83. The molecule has 1 aromatic heterocycles. The van der Waals surface area contributed by atoms with Gasteiger partial charge in [0.1, 0.15) is 17.0 Å². The highest BCUT2D eigenvalue weighted by Gasteiger charge is 2.01. The van der Waals surface area contributed by atoms with Gasteiger partial charge in [-0.2, -0.15) is 0 Å². The van der Waals surface area contributed by atoms with Crippen LogP contribution < -0.4 is 11.4 Å². The average Bonchev–Trinajstić information content (AvgIpc) is 2.23. The third-order valence-electron chi connectivity index (χ3n) is 1.75. The Balaban J connectivity index is 0.000000531. The molecular formula is C11H13NO3. The number of phenolic OH excluding ortho intramolecular Hbond substituents is 1. The smallest absolute Gasteiger partial charge is 0.359 e. The zero-order valence-corrected chi connectivity index (χ0v) is 8.65. The summed E-state index contributed by atoms with van der Waals surface area (Å²) in [5.41, 5.74) is 5.17. The molecule has 0 unspecified atom stereocenters. The molecule has 0 bridgehead atoms. The van der Waals surface area contributed by atoms with Crippen molar-refractivity contribution in [3.05, 3.63) is 34.7 Å². The lowest BCUT2D eigenvalue weighted by Gasteiger charge is -1.97. The van der Waals surface area contributed by atoms with Gasteiger partial charge in [-0.15, -0.1) is 0 Å². The minimum absolute atomic E-state index is 0.0559. The molecule has 1 aromatic carbocycles. The van der Waals surface area contributed by atoms with Crippen LogP contribution in [0.25, 0.3) is 11.0 Å². The van der Waals surface area contributed by atoms with Crippen LogP contribution in [-0.4, -0.2) is 5.11 Å². The summed E-state index contributed by atoms with van der Waals surface area (Å²) in [4.78, 5) is 11.0. The van der Waals surface area contributed by atoms with Crippen LogP contribution in [0.4, 0.5) is 5.69 Å². The van der Waals surface area contributed by atoms with Gasteiger partial charge in [0, 0.05) is 11.5 Å². The van der Waals surface area contributed by atoms with E-state index in [1.165, 1.54) is 18.2 Å². The summed E-state index contributed by atoms with van der Waals surface area (Å²) in [5.74, 6) is 0.0559. The highest BCUT2D eigenvalue weighted by molar-refractivity contribution is 5.80. The molecule has 0 aliphatic heterocycles. The van der Waals surface area contributed by atoms with Crippen molar-refractivity contribution >= 4 is 16.7 Å². The van der Waals surface area contributed by atoms with Crippen molar-refractivity contribution in [2.75, 3.05) is 5.73 Å². The fourth-order valence-corrected chi connectivity index (χ4v) is 1.12. The van der Waals surface area contributed by atoms with Crippen LogP contribution in [0, 0.1) is 0 Å². The number of nitrogen functional groups attached to an aromatic ring is 1. The molecule has 0 saturated carbocycles. The first-order valence-electron chi connectivity index (χ1n) is 4.69. The number of fused-ring (bicyclic) bond motifs is 1. The predicted molar refractivity (Wildman–Crippen MR) is 59.9 cm³/mol. The van der Waals surface area contributed by atoms with E-state index in [4.69, 9.17) is 15.3 Å². The largest absolute Gasteiger partial charge is 0.508 e. The first kappa shape index (κ1) is 11.1. The normalized spacial score (nSPS) is 9.47. The summed E-state index contributed by atoms with van der Waals surface area (Å²) >= 11 is 0. The van der Waals surface area contributed by atoms with Gasteiger partial charge >= 0.3 is 5.63 Å². The molecular weight excluding hydrogens is 194 g/mol. The van der Waals surface area contributed by atoms with Crippen molar-refractivity contribution in [1.29, 1.82) is 0 Å². The van der Waals surface area contributed by atoms with Crippen molar-refractivity contribution in [3.8, 4) is 5.75 Å². The zero-order valence-electron chi connectivity index (χ0n) is 8.65. The molecule has 15 heavy (non-hydrogen) atoms. The number of hydrogen-bond acceptors (Lipinski definition) is 4. The van der Waals surface area contributed by atoms with Crippen LogP contribution in [0.3, 0.4) is 0 Å². The fourth-order valence-electron chi connectivity index (χ4n) is 1.12. The molecule has 80 valence electrons. The van der Waals surface area contributed by atoms with E-state index in [2.05, 4.69) is 0 Å². The van der Waals surface area contributed by atoms with Gasteiger partial charge in [-0.05, 0) is 18.2 Å². The number of phenols is 1. The van der Waals surface area contributed by atoms with Gasteiger partial charge in [-0.3, -0.25) is 0 Å². The number of benzene rings is 1. The number of aromatic hydroxyl groups is 1. The van der Waals surface area contributed by atoms with Crippen LogP contribution in [0.2, 0.25) is 0 Å². The Labute approximate surface area is 86.9 Å². The van der Waals surface area contributed by atoms with Gasteiger partial charge in [0.05, 0.1) is 0 Å². The second kappa shape index (κ2) is 4.50. The second-order valence-corrected chi connectivity index (χ2v) is 2.71. The molecule has 0 aliphatic carbocycles. The van der Waals surface area contributed by atoms with Crippen molar-refractivity contribution in [2.45, 2.75) is 13.8 Å². The average molecular weight is 207 g/mol. The zero-order chi connectivity index (χ0) is 11.4. The predicted octanol–water partition coefficient (Wildman–Crippen LogP) is 2.11. The maximum absolute atomic E-state index is 11.0. The maximum atomic E-state index is 11.0. The van der Waals surface area contributed by atoms with Crippen LogP contribution in [0.5, 0.6) is 5.75 Å². The molecule has 0 radical (unpaired) electrons. The van der Waals surface area contributed by atoms with E-state index < -0.39 is 5.63 Å². The SMILES string of the molecule is CC.Nc1cc2ccc(O)cc2oc1=O. The van der Waals surface area contributed by atoms with Crippen molar-refractivity contribution in [3.63, 3.8) is 0 Å². The number of rotatable bonds is 0. The number of hydrogen-bond donors (Lipinski definition) is 2. The molecule has 0 amide bonds. The van der Waals surface area contributed by atoms with E-state index in [-0.39, 0.29) is 11.4 Å². The van der Waals surface area contributed by atoms with E-state index in [1.807, 2.05) is 13.8 Å². The summed E-state index contributed by atoms with van der Waals surface area (Å²) in [6.45, 7) is 4.00. The van der Waals surface area contributed by atoms with Gasteiger partial charge < -0.3 is 15.3 Å². The summed E-state index contributed by atoms with van der Waals surface area (Å²) in [5, 5.41) is 9.79. The Bertz CT molecular complexity index is 517. The standard InChI is InChI=1S/C9H7NO3.C2H6/c10-7-3-5-1-2-6(11)4-8(5)13-9(7)12;1-2/h1-4,11H,10H2;1-2H3. The van der Waals surface area contributed by atoms with Gasteiger partial charge in [0.2, 0.25) is 0 Å². The fraction of sp³-hybridized carbons (Fsp3) is 0.182. The molecule has 0 aliphatic rings. The lowest BCUT2D eigenvalue weighted by atomic mass is 10.2. The molecule has 0 saturated heterocycles. The molecule has 0 spiro atoms. The molecule has 4 nitrogen and oxygen atoms in total. The molecule has 1 heterocycles. The van der Waals surface area contributed by atoms with E-state index in [9.17, 15) is 4.79 Å². The second-order valence-electron chi connectivity index (χ2n) is 2.71. The van der Waals surface area contributed by atoms with Gasteiger partial charge in [0.25, 0.3) is 0 Å². The van der Waals surface area contributed by atoms with Crippen LogP contribution >= 0.6 is 0 Å². The minimum Gasteiger partial charge on any atom is -0.508 e. The Morgan fingerprint density at radius 1 is 1.27 bits per heavy atom. The van der Waals surface area contributed by atoms with Crippen molar-refractivity contribution in [1.82, 2.24) is 0 Å². The Morgan fingerprint density at radius 3 is 2.60 bits per heavy atom. The lowest BCUT2D eigenvalue weighted by molar-refractivity contribution is 0.473. The summed E-state index contributed by atoms with van der Waals surface area (Å²) in [6.07, 6.45) is 0. The van der Waals surface area contributed by atoms with Crippen LogP contribution in [0.15, 0.2) is 33.5 Å². The van der Waals surface area contributed by atoms with E-state index in [0.717, 1.165) is 0 Å². The minimum atomic E-state index is -0.585. The van der Waals surface area contributed by atoms with Crippen molar-refractivity contribution in [2.24, 2.45) is 0 Å². The van der Waals surface area contributed by atoms with E-state index in [0.29, 0.717) is 11.0 Å². The maximum Gasteiger partial charge on any atom is 0.359 e. The topological polar surface area (TPSA) is 76.5 Å². The Hall–Kier alpha value is -1.97. The molecule has 4 heteroatoms.